The number of hydrogen-bond donors (Lipinski definition) is 0. The first-order valence-corrected chi connectivity index (χ1v) is 13.0. The minimum Gasteiger partial charge on any atom is -0.202 e. The molecule has 0 atom stereocenters. The summed E-state index contributed by atoms with van der Waals surface area (Å²) in [7, 11) is -29.5. The predicted octanol–water partition coefficient (Wildman–Crippen LogP) is 1.77. The number of sulfonamides is 4. The van der Waals surface area contributed by atoms with E-state index < -0.39 is 95.5 Å². The molecule has 0 aromatic carbocycles. The summed E-state index contributed by atoms with van der Waals surface area (Å²) in [6.07, 6.45) is -3.61. The average molecular weight is 616 g/mol. The summed E-state index contributed by atoms with van der Waals surface area (Å²) < 4.78 is 235. The highest BCUT2D eigenvalue weighted by Gasteiger charge is 2.62. The van der Waals surface area contributed by atoms with Crippen molar-refractivity contribution in [2.75, 3.05) is 13.1 Å². The maximum absolute atomic E-state index is 12.5. The molecule has 0 amide bonds. The van der Waals surface area contributed by atoms with Crippen molar-refractivity contribution in [2.24, 2.45) is 0 Å². The monoisotopic (exact) mass is 616 g/mol. The van der Waals surface area contributed by atoms with Crippen molar-refractivity contribution >= 4 is 40.1 Å². The molecule has 26 heteroatoms. The topological polar surface area (TPSA) is 143 Å². The summed E-state index contributed by atoms with van der Waals surface area (Å²) in [4.78, 5) is 0. The Balaban J connectivity index is 6.21. The first kappa shape index (κ1) is 32.9. The molecule has 0 N–H and O–H groups in total. The quantitative estimate of drug-likeness (QED) is 0.282. The largest absolute Gasteiger partial charge is 0.512 e. The Hall–Kier alpha value is -1.12. The molecule has 0 rings (SSSR count). The molecule has 206 valence electrons. The second kappa shape index (κ2) is 9.40. The van der Waals surface area contributed by atoms with Crippen LogP contribution >= 0.6 is 0 Å². The molecule has 0 aromatic heterocycles. The lowest BCUT2D eigenvalue weighted by atomic mass is 10.3. The molecule has 0 aliphatic heterocycles. The third kappa shape index (κ3) is 6.35. The van der Waals surface area contributed by atoms with Crippen LogP contribution in [0.1, 0.15) is 12.8 Å². The third-order valence-electron chi connectivity index (χ3n) is 3.17. The van der Waals surface area contributed by atoms with Gasteiger partial charge in [0.1, 0.15) is 0 Å². The zero-order chi connectivity index (χ0) is 28.0. The van der Waals surface area contributed by atoms with Crippen LogP contribution < -0.4 is 0 Å². The number of alkyl halides is 12. The summed E-state index contributed by atoms with van der Waals surface area (Å²) >= 11 is 0. The molecule has 0 bridgehead atoms. The van der Waals surface area contributed by atoms with E-state index in [1.807, 2.05) is 0 Å². The van der Waals surface area contributed by atoms with Gasteiger partial charge in [-0.1, -0.05) is 7.42 Å². The molecule has 0 unspecified atom stereocenters. The van der Waals surface area contributed by atoms with E-state index in [4.69, 9.17) is 0 Å². The predicted molar refractivity (Wildman–Crippen MR) is 82.5 cm³/mol. The fourth-order valence-electron chi connectivity index (χ4n) is 1.68. The Morgan fingerprint density at radius 2 is 0.529 bits per heavy atom. The number of rotatable bonds is 9. The Bertz CT molecular complexity index is 980. The van der Waals surface area contributed by atoms with Crippen LogP contribution in [0.5, 0.6) is 0 Å². The molecule has 0 aliphatic rings. The Morgan fingerprint density at radius 1 is 0.382 bits per heavy atom. The maximum atomic E-state index is 12.5. The molecule has 10 nitrogen and oxygen atoms in total. The van der Waals surface area contributed by atoms with E-state index in [1.54, 1.807) is 0 Å². The van der Waals surface area contributed by atoms with E-state index in [0.29, 0.717) is 0 Å². The lowest BCUT2D eigenvalue weighted by Gasteiger charge is -2.25. The van der Waals surface area contributed by atoms with Crippen molar-refractivity contribution in [1.82, 2.24) is 7.42 Å². The second-order valence-corrected chi connectivity index (χ2v) is 13.4. The van der Waals surface area contributed by atoms with Gasteiger partial charge in [0.2, 0.25) is 0 Å². The molecular formula is C8H8F12N2O8S4. The molecular weight excluding hydrogens is 608 g/mol. The van der Waals surface area contributed by atoms with Crippen molar-refractivity contribution in [3.8, 4) is 0 Å². The molecule has 0 radical (unpaired) electrons. The average Bonchev–Trinajstić information content (AvgIpc) is 2.52. The summed E-state index contributed by atoms with van der Waals surface area (Å²) in [5, 5.41) is 0. The van der Waals surface area contributed by atoms with Gasteiger partial charge in [-0.3, -0.25) is 0 Å². The number of nitrogens with zero attached hydrogens (tertiary/aromatic N) is 2. The minimum absolute atomic E-state index is 1.80. The second-order valence-electron chi connectivity index (χ2n) is 5.50. The van der Waals surface area contributed by atoms with E-state index >= 15 is 0 Å². The van der Waals surface area contributed by atoms with Crippen molar-refractivity contribution in [3.05, 3.63) is 0 Å². The lowest BCUT2D eigenvalue weighted by molar-refractivity contribution is -0.0545. The smallest absolute Gasteiger partial charge is 0.202 e. The van der Waals surface area contributed by atoms with Crippen LogP contribution in [-0.2, 0) is 40.1 Å². The van der Waals surface area contributed by atoms with Gasteiger partial charge in [0.05, 0.1) is 0 Å². The Labute approximate surface area is 182 Å². The van der Waals surface area contributed by atoms with Crippen molar-refractivity contribution < 1.29 is 86.4 Å². The number of halogens is 12. The van der Waals surface area contributed by atoms with Crippen LogP contribution in [0.15, 0.2) is 0 Å². The third-order valence-corrected chi connectivity index (χ3v) is 10.7. The van der Waals surface area contributed by atoms with E-state index in [9.17, 15) is 86.4 Å². The number of unbranched alkanes of at least 4 members (excludes halogenated alkanes) is 1. The van der Waals surface area contributed by atoms with Gasteiger partial charge >= 0.3 is 62.1 Å². The highest BCUT2D eigenvalue weighted by Crippen LogP contribution is 2.37. The van der Waals surface area contributed by atoms with E-state index in [2.05, 4.69) is 0 Å². The van der Waals surface area contributed by atoms with Gasteiger partial charge in [-0.05, 0) is 12.8 Å². The lowest BCUT2D eigenvalue weighted by Crippen LogP contribution is -2.50. The molecule has 0 saturated carbocycles. The summed E-state index contributed by atoms with van der Waals surface area (Å²) in [5.41, 5.74) is -26.8. The van der Waals surface area contributed by atoms with Gasteiger partial charge in [0.15, 0.2) is 0 Å². The fourth-order valence-corrected chi connectivity index (χ4v) is 7.17. The molecule has 0 fully saturated rings. The minimum atomic E-state index is -7.37. The molecule has 0 saturated heterocycles. The van der Waals surface area contributed by atoms with Crippen LogP contribution in [0.3, 0.4) is 0 Å². The highest BCUT2D eigenvalue weighted by atomic mass is 32.3. The van der Waals surface area contributed by atoms with Crippen LogP contribution in [-0.4, -0.2) is 76.2 Å². The van der Waals surface area contributed by atoms with Crippen molar-refractivity contribution in [3.63, 3.8) is 0 Å². The van der Waals surface area contributed by atoms with Crippen molar-refractivity contribution in [2.45, 2.75) is 34.9 Å². The fraction of sp³-hybridized carbons (Fsp3) is 1.00. The summed E-state index contributed by atoms with van der Waals surface area (Å²) in [5.74, 6) is 0. The van der Waals surface area contributed by atoms with E-state index in [1.165, 1.54) is 0 Å². The van der Waals surface area contributed by atoms with E-state index in [0.717, 1.165) is 0 Å². The van der Waals surface area contributed by atoms with Crippen LogP contribution in [0.2, 0.25) is 0 Å². The standard InChI is InChI=1S/C8H8F12N2O8S4/c9-5(10,11)31(23,24)21(32(25,26)6(12,13)14)3-1-2-4-22(33(27,28)7(15,16)17)34(29,30)8(18,19)20/h1-4H2. The SMILES string of the molecule is O=S(=O)(N(CCCCN(S(=O)(=O)C(F)(F)F)S(=O)(=O)C(F)(F)F)S(=O)(=O)C(F)(F)F)C(F)(F)F. The van der Waals surface area contributed by atoms with Gasteiger partial charge < -0.3 is 0 Å². The highest BCUT2D eigenvalue weighted by molar-refractivity contribution is 8.05. The zero-order valence-electron chi connectivity index (χ0n) is 15.2. The molecule has 34 heavy (non-hydrogen) atoms. The molecule has 0 aliphatic carbocycles. The van der Waals surface area contributed by atoms with Crippen LogP contribution in [0.25, 0.3) is 0 Å². The van der Waals surface area contributed by atoms with E-state index in [-0.39, 0.29) is 0 Å². The first-order chi connectivity index (χ1) is 14.5. The number of hydrogen-bond acceptors (Lipinski definition) is 8. The molecule has 0 aromatic rings. The summed E-state index contributed by atoms with van der Waals surface area (Å²) in [6.45, 7) is -4.87. The van der Waals surface area contributed by atoms with Crippen molar-refractivity contribution in [1.29, 1.82) is 0 Å². The van der Waals surface area contributed by atoms with Gasteiger partial charge in [-0.25, -0.2) is 33.7 Å². The Kier molecular flexibility index (Phi) is 9.09. The van der Waals surface area contributed by atoms with Crippen LogP contribution in [0, 0.1) is 0 Å². The first-order valence-electron chi connectivity index (χ1n) is 7.28. The van der Waals surface area contributed by atoms with Crippen LogP contribution in [0.4, 0.5) is 52.7 Å². The van der Waals surface area contributed by atoms with Gasteiger partial charge in [-0.15, -0.1) is 0 Å². The molecule has 0 heterocycles. The zero-order valence-corrected chi connectivity index (χ0v) is 18.4. The van der Waals surface area contributed by atoms with Gasteiger partial charge in [0, 0.05) is 13.1 Å². The maximum Gasteiger partial charge on any atom is 0.512 e. The summed E-state index contributed by atoms with van der Waals surface area (Å²) in [6, 6.07) is 0. The van der Waals surface area contributed by atoms with Gasteiger partial charge in [0.25, 0.3) is 0 Å². The Morgan fingerprint density at radius 3 is 0.647 bits per heavy atom. The molecule has 0 spiro atoms. The van der Waals surface area contributed by atoms with Gasteiger partial charge in [-0.2, -0.15) is 52.7 Å². The normalized spacial score (nSPS) is 15.8.